The Labute approximate surface area is 186 Å². The molecule has 1 amide bonds. The smallest absolute Gasteiger partial charge is 0.253 e. The van der Waals surface area contributed by atoms with E-state index in [1.807, 2.05) is 62.4 Å². The molecule has 0 fully saturated rings. The number of rotatable bonds is 6. The number of para-hydroxylation sites is 2. The number of carbonyl (C=O) groups is 1. The number of amides is 1. The molecule has 1 aliphatic rings. The minimum atomic E-state index is -0.0634. The molecule has 7 heteroatoms. The summed E-state index contributed by atoms with van der Waals surface area (Å²) in [5, 5.41) is 3.05. The van der Waals surface area contributed by atoms with E-state index in [0.29, 0.717) is 25.3 Å². The van der Waals surface area contributed by atoms with Gasteiger partial charge in [-0.3, -0.25) is 4.79 Å². The zero-order chi connectivity index (χ0) is 22.1. The van der Waals surface area contributed by atoms with Crippen molar-refractivity contribution in [2.45, 2.75) is 26.7 Å². The fraction of sp³-hybridized carbons (Fsp3) is 0.280. The third-order valence-corrected chi connectivity index (χ3v) is 5.77. The summed E-state index contributed by atoms with van der Waals surface area (Å²) in [7, 11) is 0. The van der Waals surface area contributed by atoms with Gasteiger partial charge < -0.3 is 24.3 Å². The van der Waals surface area contributed by atoms with Crippen LogP contribution in [0, 0.1) is 13.8 Å². The largest absolute Gasteiger partial charge is 0.486 e. The molecule has 0 aliphatic carbocycles. The first kappa shape index (κ1) is 20.2. The highest BCUT2D eigenvalue weighted by atomic mass is 16.6. The molecule has 5 rings (SSSR count). The second kappa shape index (κ2) is 8.42. The first-order valence-corrected chi connectivity index (χ1v) is 10.9. The maximum Gasteiger partial charge on any atom is 0.253 e. The van der Waals surface area contributed by atoms with E-state index in [0.717, 1.165) is 58.3 Å². The monoisotopic (exact) mass is 430 g/mol. The van der Waals surface area contributed by atoms with E-state index in [1.165, 1.54) is 0 Å². The Morgan fingerprint density at radius 3 is 2.75 bits per heavy atom. The van der Waals surface area contributed by atoms with Crippen LogP contribution in [0.25, 0.3) is 16.7 Å². The van der Waals surface area contributed by atoms with Gasteiger partial charge >= 0.3 is 0 Å². The van der Waals surface area contributed by atoms with E-state index >= 15 is 0 Å². The molecule has 7 nitrogen and oxygen atoms in total. The summed E-state index contributed by atoms with van der Waals surface area (Å²) in [4.78, 5) is 20.8. The van der Waals surface area contributed by atoms with Crippen molar-refractivity contribution in [3.8, 4) is 17.2 Å². The van der Waals surface area contributed by atoms with E-state index in [9.17, 15) is 4.79 Å². The summed E-state index contributed by atoms with van der Waals surface area (Å²) in [6, 6.07) is 15.8. The van der Waals surface area contributed by atoms with Crippen molar-refractivity contribution in [1.29, 1.82) is 0 Å². The fourth-order valence-electron chi connectivity index (χ4n) is 4.24. The molecule has 32 heavy (non-hydrogen) atoms. The Balaban J connectivity index is 1.24. The van der Waals surface area contributed by atoms with Crippen molar-refractivity contribution in [2.24, 2.45) is 0 Å². The van der Waals surface area contributed by atoms with Gasteiger partial charge in [0.1, 0.15) is 19.0 Å². The number of aromatic nitrogens is 3. The number of ether oxygens (including phenoxy) is 2. The quantitative estimate of drug-likeness (QED) is 0.451. The van der Waals surface area contributed by atoms with E-state index in [4.69, 9.17) is 9.47 Å². The third-order valence-electron chi connectivity index (χ3n) is 5.77. The van der Waals surface area contributed by atoms with Crippen molar-refractivity contribution >= 4 is 16.9 Å². The predicted octanol–water partition coefficient (Wildman–Crippen LogP) is 4.10. The van der Waals surface area contributed by atoms with Crippen LogP contribution in [0.5, 0.6) is 11.5 Å². The van der Waals surface area contributed by atoms with Crippen LogP contribution in [0.3, 0.4) is 0 Å². The molecule has 0 saturated carbocycles. The number of hydrogen-bond acceptors (Lipinski definition) is 4. The number of hydrogen-bond donors (Lipinski definition) is 2. The molecule has 0 radical (unpaired) electrons. The minimum Gasteiger partial charge on any atom is -0.486 e. The molecule has 0 unspecified atom stereocenters. The molecule has 4 aromatic rings. The fourth-order valence-corrected chi connectivity index (χ4v) is 4.24. The second-order valence-corrected chi connectivity index (χ2v) is 8.01. The number of nitrogens with zero attached hydrogens (tertiary/aromatic N) is 2. The summed E-state index contributed by atoms with van der Waals surface area (Å²) in [5.74, 6) is 2.37. The summed E-state index contributed by atoms with van der Waals surface area (Å²) < 4.78 is 13.4. The average molecular weight is 431 g/mol. The lowest BCUT2D eigenvalue weighted by Crippen LogP contribution is -2.25. The van der Waals surface area contributed by atoms with Crippen LogP contribution in [0.4, 0.5) is 0 Å². The number of nitrogens with one attached hydrogen (secondary N) is 2. The standard InChI is InChI=1S/C25H26N4O3/c1-16-14-19(17(2)29(16)18-9-10-22-23(15-18)32-13-12-31-22)25(30)26-11-5-8-24-27-20-6-3-4-7-21(20)28-24/h3-4,6-7,9-10,14-15H,5,8,11-13H2,1-2H3,(H,26,30)(H,27,28). The Morgan fingerprint density at radius 1 is 1.09 bits per heavy atom. The molecule has 0 atom stereocenters. The van der Waals surface area contributed by atoms with Crippen molar-refractivity contribution in [3.05, 3.63) is 71.3 Å². The van der Waals surface area contributed by atoms with Crippen LogP contribution >= 0.6 is 0 Å². The van der Waals surface area contributed by atoms with Gasteiger partial charge in [0.15, 0.2) is 11.5 Å². The van der Waals surface area contributed by atoms with Crippen molar-refractivity contribution in [1.82, 2.24) is 19.9 Å². The molecule has 2 aromatic heterocycles. The van der Waals surface area contributed by atoms with Crippen LogP contribution in [0.15, 0.2) is 48.5 Å². The number of imidazole rings is 1. The van der Waals surface area contributed by atoms with Gasteiger partial charge in [-0.25, -0.2) is 4.98 Å². The van der Waals surface area contributed by atoms with Crippen LogP contribution in [0.2, 0.25) is 0 Å². The highest BCUT2D eigenvalue weighted by molar-refractivity contribution is 5.95. The molecular formula is C25H26N4O3. The summed E-state index contributed by atoms with van der Waals surface area (Å²) >= 11 is 0. The van der Waals surface area contributed by atoms with Crippen molar-refractivity contribution < 1.29 is 14.3 Å². The highest BCUT2D eigenvalue weighted by Crippen LogP contribution is 2.33. The first-order valence-electron chi connectivity index (χ1n) is 10.9. The maximum atomic E-state index is 12.9. The number of fused-ring (bicyclic) bond motifs is 2. The molecule has 0 spiro atoms. The zero-order valence-corrected chi connectivity index (χ0v) is 18.3. The van der Waals surface area contributed by atoms with Crippen LogP contribution in [-0.4, -0.2) is 40.2 Å². The highest BCUT2D eigenvalue weighted by Gasteiger charge is 2.19. The van der Waals surface area contributed by atoms with Gasteiger partial charge in [0.2, 0.25) is 0 Å². The van der Waals surface area contributed by atoms with Crippen molar-refractivity contribution in [3.63, 3.8) is 0 Å². The average Bonchev–Trinajstić information content (AvgIpc) is 3.36. The second-order valence-electron chi connectivity index (χ2n) is 8.01. The van der Waals surface area contributed by atoms with Gasteiger partial charge in [0, 0.05) is 36.1 Å². The van der Waals surface area contributed by atoms with E-state index in [-0.39, 0.29) is 5.91 Å². The van der Waals surface area contributed by atoms with Gasteiger partial charge in [-0.1, -0.05) is 12.1 Å². The van der Waals surface area contributed by atoms with E-state index in [2.05, 4.69) is 19.9 Å². The number of aromatic amines is 1. The molecule has 0 saturated heterocycles. The van der Waals surface area contributed by atoms with Crippen LogP contribution in [-0.2, 0) is 6.42 Å². The lowest BCUT2D eigenvalue weighted by atomic mass is 10.2. The normalized spacial score (nSPS) is 12.8. The van der Waals surface area contributed by atoms with Gasteiger partial charge in [0.25, 0.3) is 5.91 Å². The van der Waals surface area contributed by atoms with E-state index < -0.39 is 0 Å². The number of aryl methyl sites for hydroxylation is 2. The molecule has 164 valence electrons. The lowest BCUT2D eigenvalue weighted by molar-refractivity contribution is 0.0952. The van der Waals surface area contributed by atoms with Gasteiger partial charge in [0.05, 0.1) is 16.6 Å². The molecule has 0 bridgehead atoms. The van der Waals surface area contributed by atoms with Gasteiger partial charge in [-0.2, -0.15) is 0 Å². The summed E-state index contributed by atoms with van der Waals surface area (Å²) in [6.07, 6.45) is 1.59. The molecule has 2 aromatic carbocycles. The van der Waals surface area contributed by atoms with Gasteiger partial charge in [-0.15, -0.1) is 0 Å². The minimum absolute atomic E-state index is 0.0634. The number of H-pyrrole nitrogens is 1. The molecular weight excluding hydrogens is 404 g/mol. The number of benzene rings is 2. The number of carbonyl (C=O) groups excluding carboxylic acids is 1. The first-order chi connectivity index (χ1) is 15.6. The summed E-state index contributed by atoms with van der Waals surface area (Å²) in [6.45, 7) is 5.66. The van der Waals surface area contributed by atoms with Crippen LogP contribution in [0.1, 0.15) is 34.0 Å². The Hall–Kier alpha value is -3.74. The molecule has 1 aliphatic heterocycles. The molecule has 3 heterocycles. The Bertz CT molecular complexity index is 1250. The maximum absolute atomic E-state index is 12.9. The predicted molar refractivity (Wildman–Crippen MR) is 123 cm³/mol. The Kier molecular flexibility index (Phi) is 5.31. The SMILES string of the molecule is Cc1cc(C(=O)NCCCc2nc3ccccc3[nH]2)c(C)n1-c1ccc2c(c1)OCCO2. The third kappa shape index (κ3) is 3.82. The Morgan fingerprint density at radius 2 is 1.91 bits per heavy atom. The van der Waals surface area contributed by atoms with Gasteiger partial charge in [-0.05, 0) is 50.6 Å². The summed E-state index contributed by atoms with van der Waals surface area (Å²) in [5.41, 5.74) is 5.53. The molecule has 2 N–H and O–H groups in total. The topological polar surface area (TPSA) is 81.2 Å². The van der Waals surface area contributed by atoms with E-state index in [1.54, 1.807) is 0 Å². The van der Waals surface area contributed by atoms with Crippen molar-refractivity contribution in [2.75, 3.05) is 19.8 Å². The van der Waals surface area contributed by atoms with Crippen LogP contribution < -0.4 is 14.8 Å². The lowest BCUT2D eigenvalue weighted by Gasteiger charge is -2.20. The zero-order valence-electron chi connectivity index (χ0n) is 18.3.